The van der Waals surface area contributed by atoms with Gasteiger partial charge < -0.3 is 0 Å². The van der Waals surface area contributed by atoms with Crippen molar-refractivity contribution in [3.05, 3.63) is 46.7 Å². The van der Waals surface area contributed by atoms with E-state index in [1.54, 1.807) is 0 Å². The second kappa shape index (κ2) is 5.53. The van der Waals surface area contributed by atoms with Gasteiger partial charge in [0.15, 0.2) is 5.82 Å². The minimum Gasteiger partial charge on any atom is -0.233 e. The third kappa shape index (κ3) is 3.01. The van der Waals surface area contributed by atoms with Gasteiger partial charge in [-0.1, -0.05) is 49.7 Å². The van der Waals surface area contributed by atoms with Crippen LogP contribution in [0.15, 0.2) is 30.3 Å². The first kappa shape index (κ1) is 13.6. The molecule has 104 valence electrons. The number of aromatic nitrogens is 2. The van der Waals surface area contributed by atoms with E-state index < -0.39 is 0 Å². The van der Waals surface area contributed by atoms with E-state index in [0.717, 1.165) is 23.5 Å². The molecule has 0 N–H and O–H groups in total. The van der Waals surface area contributed by atoms with Gasteiger partial charge in [0.2, 0.25) is 0 Å². The molecule has 1 aliphatic rings. The zero-order valence-electron chi connectivity index (χ0n) is 11.9. The molecule has 0 radical (unpaired) electrons. The lowest BCUT2D eigenvalue weighted by Crippen LogP contribution is -2.01. The molecule has 1 heterocycles. The summed E-state index contributed by atoms with van der Waals surface area (Å²) in [5.41, 5.74) is 3.54. The summed E-state index contributed by atoms with van der Waals surface area (Å²) in [7, 11) is 0. The summed E-state index contributed by atoms with van der Waals surface area (Å²) in [5, 5.41) is 0.538. The lowest BCUT2D eigenvalue weighted by Gasteiger charge is -2.10. The molecular formula is C17H19ClN2. The molecule has 0 unspecified atom stereocenters. The highest BCUT2D eigenvalue weighted by Gasteiger charge is 2.26. The molecule has 1 aromatic carbocycles. The van der Waals surface area contributed by atoms with Gasteiger partial charge in [-0.05, 0) is 42.7 Å². The fraction of sp³-hybridized carbons (Fsp3) is 0.412. The smallest absolute Gasteiger partial charge is 0.161 e. The molecule has 20 heavy (non-hydrogen) atoms. The van der Waals surface area contributed by atoms with Crippen molar-refractivity contribution in [2.24, 2.45) is 5.92 Å². The maximum Gasteiger partial charge on any atom is 0.161 e. The van der Waals surface area contributed by atoms with E-state index in [-0.39, 0.29) is 0 Å². The molecule has 1 saturated carbocycles. The van der Waals surface area contributed by atoms with Gasteiger partial charge in [0.05, 0.1) is 0 Å². The van der Waals surface area contributed by atoms with Crippen LogP contribution in [0, 0.1) is 5.92 Å². The van der Waals surface area contributed by atoms with Gasteiger partial charge in [0.25, 0.3) is 0 Å². The van der Waals surface area contributed by atoms with Gasteiger partial charge in [-0.2, -0.15) is 0 Å². The topological polar surface area (TPSA) is 25.8 Å². The van der Waals surface area contributed by atoms with Gasteiger partial charge >= 0.3 is 0 Å². The van der Waals surface area contributed by atoms with Gasteiger partial charge in [0, 0.05) is 11.3 Å². The zero-order valence-corrected chi connectivity index (χ0v) is 12.7. The van der Waals surface area contributed by atoms with Crippen molar-refractivity contribution in [1.82, 2.24) is 9.97 Å². The summed E-state index contributed by atoms with van der Waals surface area (Å²) in [5.74, 6) is 2.02. The molecule has 0 spiro atoms. The average molecular weight is 287 g/mol. The SMILES string of the molecule is CC(C)Cc1cc(Cl)nc(-c2ccccc2C2CC2)n1. The maximum absolute atomic E-state index is 6.18. The van der Waals surface area contributed by atoms with Crippen LogP contribution in [0.2, 0.25) is 5.15 Å². The Hall–Kier alpha value is -1.41. The normalized spacial score (nSPS) is 14.8. The Kier molecular flexibility index (Phi) is 3.75. The van der Waals surface area contributed by atoms with Gasteiger partial charge in [-0.25, -0.2) is 9.97 Å². The average Bonchev–Trinajstić information content (AvgIpc) is 3.21. The first-order valence-electron chi connectivity index (χ1n) is 7.26. The van der Waals surface area contributed by atoms with Crippen LogP contribution in [0.25, 0.3) is 11.4 Å². The zero-order chi connectivity index (χ0) is 14.1. The predicted octanol–water partition coefficient (Wildman–Crippen LogP) is 4.87. The summed E-state index contributed by atoms with van der Waals surface area (Å²) in [6, 6.07) is 10.3. The summed E-state index contributed by atoms with van der Waals surface area (Å²) >= 11 is 6.18. The van der Waals surface area contributed by atoms with E-state index in [0.29, 0.717) is 17.0 Å². The van der Waals surface area contributed by atoms with Crippen LogP contribution in [0.1, 0.15) is 43.9 Å². The molecule has 0 atom stereocenters. The van der Waals surface area contributed by atoms with E-state index in [9.17, 15) is 0 Å². The van der Waals surface area contributed by atoms with Crippen LogP contribution < -0.4 is 0 Å². The van der Waals surface area contributed by atoms with Crippen LogP contribution in [-0.4, -0.2) is 9.97 Å². The molecule has 2 aromatic rings. The van der Waals surface area contributed by atoms with Crippen LogP contribution in [0.3, 0.4) is 0 Å². The Morgan fingerprint density at radius 2 is 1.95 bits per heavy atom. The number of hydrogen-bond acceptors (Lipinski definition) is 2. The van der Waals surface area contributed by atoms with Crippen LogP contribution in [-0.2, 0) is 6.42 Å². The second-order valence-electron chi connectivity index (χ2n) is 5.97. The van der Waals surface area contributed by atoms with Crippen LogP contribution in [0.5, 0.6) is 0 Å². The summed E-state index contributed by atoms with van der Waals surface area (Å²) in [6.07, 6.45) is 3.48. The van der Waals surface area contributed by atoms with Crippen molar-refractivity contribution in [3.63, 3.8) is 0 Å². The number of benzene rings is 1. The second-order valence-corrected chi connectivity index (χ2v) is 6.35. The van der Waals surface area contributed by atoms with Crippen molar-refractivity contribution in [2.75, 3.05) is 0 Å². The monoisotopic (exact) mass is 286 g/mol. The lowest BCUT2D eigenvalue weighted by atomic mass is 10.0. The Balaban J connectivity index is 2.03. The lowest BCUT2D eigenvalue weighted by molar-refractivity contribution is 0.634. The number of halogens is 1. The summed E-state index contributed by atoms with van der Waals surface area (Å²) in [4.78, 5) is 9.16. The first-order chi connectivity index (χ1) is 9.63. The van der Waals surface area contributed by atoms with Gasteiger partial charge in [-0.15, -0.1) is 0 Å². The van der Waals surface area contributed by atoms with E-state index in [2.05, 4.69) is 37.0 Å². The Bertz CT molecular complexity index is 618. The highest BCUT2D eigenvalue weighted by atomic mass is 35.5. The first-order valence-corrected chi connectivity index (χ1v) is 7.64. The third-order valence-corrected chi connectivity index (χ3v) is 3.78. The molecule has 2 nitrogen and oxygen atoms in total. The van der Waals surface area contributed by atoms with E-state index in [1.807, 2.05) is 12.1 Å². The maximum atomic E-state index is 6.18. The Morgan fingerprint density at radius 1 is 1.20 bits per heavy atom. The number of rotatable bonds is 4. The minimum atomic E-state index is 0.538. The molecule has 0 amide bonds. The van der Waals surface area contributed by atoms with Crippen LogP contribution in [0.4, 0.5) is 0 Å². The molecule has 0 saturated heterocycles. The fourth-order valence-corrected chi connectivity index (χ4v) is 2.76. The minimum absolute atomic E-state index is 0.538. The van der Waals surface area contributed by atoms with Crippen molar-refractivity contribution in [1.29, 1.82) is 0 Å². The molecule has 1 aromatic heterocycles. The molecule has 3 heteroatoms. The summed E-state index contributed by atoms with van der Waals surface area (Å²) < 4.78 is 0. The van der Waals surface area contributed by atoms with Crippen molar-refractivity contribution < 1.29 is 0 Å². The summed E-state index contributed by atoms with van der Waals surface area (Å²) in [6.45, 7) is 4.38. The number of nitrogens with zero attached hydrogens (tertiary/aromatic N) is 2. The van der Waals surface area contributed by atoms with E-state index in [1.165, 1.54) is 18.4 Å². The van der Waals surface area contributed by atoms with Crippen molar-refractivity contribution >= 4 is 11.6 Å². The molecule has 3 rings (SSSR count). The van der Waals surface area contributed by atoms with Gasteiger partial charge in [-0.3, -0.25) is 0 Å². The molecule has 1 aliphatic carbocycles. The third-order valence-electron chi connectivity index (χ3n) is 3.58. The highest BCUT2D eigenvalue weighted by molar-refractivity contribution is 6.29. The molecule has 0 aliphatic heterocycles. The standard InChI is InChI=1S/C17H19ClN2/c1-11(2)9-13-10-16(18)20-17(19-13)15-6-4-3-5-14(15)12-7-8-12/h3-6,10-12H,7-9H2,1-2H3. The van der Waals surface area contributed by atoms with Crippen molar-refractivity contribution in [3.8, 4) is 11.4 Å². The van der Waals surface area contributed by atoms with Crippen molar-refractivity contribution in [2.45, 2.75) is 39.0 Å². The predicted molar refractivity (Wildman–Crippen MR) is 83.0 cm³/mol. The number of hydrogen-bond donors (Lipinski definition) is 0. The van der Waals surface area contributed by atoms with E-state index >= 15 is 0 Å². The Labute approximate surface area is 125 Å². The van der Waals surface area contributed by atoms with Crippen LogP contribution >= 0.6 is 11.6 Å². The highest BCUT2D eigenvalue weighted by Crippen LogP contribution is 2.43. The molecule has 1 fully saturated rings. The largest absolute Gasteiger partial charge is 0.233 e. The quantitative estimate of drug-likeness (QED) is 0.749. The molecular weight excluding hydrogens is 268 g/mol. The fourth-order valence-electron chi connectivity index (χ4n) is 2.56. The molecule has 0 bridgehead atoms. The Morgan fingerprint density at radius 3 is 2.65 bits per heavy atom. The van der Waals surface area contributed by atoms with E-state index in [4.69, 9.17) is 16.6 Å². The van der Waals surface area contributed by atoms with Gasteiger partial charge in [0.1, 0.15) is 5.15 Å².